The molecule has 3 rings (SSSR count). The van der Waals surface area contributed by atoms with Crippen molar-refractivity contribution in [3.63, 3.8) is 0 Å². The fourth-order valence-corrected chi connectivity index (χ4v) is 3.26. The standard InChI is InChI=1S/C19H25N5O/c1-2-13-23(14-8-11-16-9-4-3-5-10-16)19(25)17-12-6-7-15-24-18(17)20-21-22-24/h3-5,8-11,17H,2,6-7,12-15H2,1H3/b11-8+/t17-/m0/s1. The number of benzene rings is 1. The van der Waals surface area contributed by atoms with Gasteiger partial charge in [-0.05, 0) is 35.3 Å². The van der Waals surface area contributed by atoms with Gasteiger partial charge in [0.2, 0.25) is 5.91 Å². The van der Waals surface area contributed by atoms with Crippen LogP contribution < -0.4 is 0 Å². The molecule has 0 unspecified atom stereocenters. The van der Waals surface area contributed by atoms with Crippen molar-refractivity contribution in [2.24, 2.45) is 0 Å². The minimum Gasteiger partial charge on any atom is -0.338 e. The lowest BCUT2D eigenvalue weighted by atomic mass is 10.0. The summed E-state index contributed by atoms with van der Waals surface area (Å²) >= 11 is 0. The van der Waals surface area contributed by atoms with E-state index in [1.54, 1.807) is 4.68 Å². The number of amides is 1. The fraction of sp³-hybridized carbons (Fsp3) is 0.474. The van der Waals surface area contributed by atoms with Crippen molar-refractivity contribution in [3.8, 4) is 0 Å². The van der Waals surface area contributed by atoms with Crippen LogP contribution in [0.5, 0.6) is 0 Å². The summed E-state index contributed by atoms with van der Waals surface area (Å²) in [6.07, 6.45) is 7.91. The van der Waals surface area contributed by atoms with Crippen molar-refractivity contribution in [2.75, 3.05) is 13.1 Å². The number of hydrogen-bond donors (Lipinski definition) is 0. The Morgan fingerprint density at radius 2 is 2.16 bits per heavy atom. The van der Waals surface area contributed by atoms with Crippen molar-refractivity contribution in [3.05, 3.63) is 47.8 Å². The highest BCUT2D eigenvalue weighted by atomic mass is 16.2. The molecule has 1 aliphatic heterocycles. The molecular weight excluding hydrogens is 314 g/mol. The van der Waals surface area contributed by atoms with Gasteiger partial charge in [0.05, 0.1) is 5.92 Å². The summed E-state index contributed by atoms with van der Waals surface area (Å²) in [5.74, 6) is 0.627. The SMILES string of the molecule is CCCN(C/C=C/c1ccccc1)C(=O)[C@H]1CCCCn2nnnc21. The number of aromatic nitrogens is 4. The van der Waals surface area contributed by atoms with Gasteiger partial charge in [0.1, 0.15) is 0 Å². The molecule has 0 aliphatic carbocycles. The number of rotatable bonds is 6. The lowest BCUT2D eigenvalue weighted by Gasteiger charge is -2.25. The van der Waals surface area contributed by atoms with Crippen LogP contribution in [0.4, 0.5) is 0 Å². The van der Waals surface area contributed by atoms with Crippen molar-refractivity contribution in [1.29, 1.82) is 0 Å². The number of fused-ring (bicyclic) bond motifs is 1. The minimum atomic E-state index is -0.228. The first-order chi connectivity index (χ1) is 12.3. The highest BCUT2D eigenvalue weighted by molar-refractivity contribution is 5.83. The van der Waals surface area contributed by atoms with E-state index in [-0.39, 0.29) is 11.8 Å². The Labute approximate surface area is 148 Å². The molecular formula is C19H25N5O. The molecule has 0 N–H and O–H groups in total. The van der Waals surface area contributed by atoms with Gasteiger partial charge < -0.3 is 4.90 Å². The molecule has 2 heterocycles. The summed E-state index contributed by atoms with van der Waals surface area (Å²) in [7, 11) is 0. The van der Waals surface area contributed by atoms with Crippen LogP contribution in [0.3, 0.4) is 0 Å². The first-order valence-corrected chi connectivity index (χ1v) is 9.06. The molecule has 0 saturated carbocycles. The second-order valence-electron chi connectivity index (χ2n) is 6.41. The number of nitrogens with zero attached hydrogens (tertiary/aromatic N) is 5. The van der Waals surface area contributed by atoms with E-state index < -0.39 is 0 Å². The summed E-state index contributed by atoms with van der Waals surface area (Å²) in [4.78, 5) is 15.1. The Morgan fingerprint density at radius 3 is 2.96 bits per heavy atom. The molecule has 1 amide bonds. The minimum absolute atomic E-state index is 0.137. The molecule has 0 fully saturated rings. The maximum atomic E-state index is 13.1. The van der Waals surface area contributed by atoms with Crippen LogP contribution in [0, 0.1) is 0 Å². The van der Waals surface area contributed by atoms with E-state index in [0.29, 0.717) is 6.54 Å². The maximum absolute atomic E-state index is 13.1. The second kappa shape index (κ2) is 8.55. The lowest BCUT2D eigenvalue weighted by molar-refractivity contribution is -0.132. The summed E-state index contributed by atoms with van der Waals surface area (Å²) in [6, 6.07) is 10.1. The largest absolute Gasteiger partial charge is 0.338 e. The van der Waals surface area contributed by atoms with Gasteiger partial charge in [-0.25, -0.2) is 4.68 Å². The first-order valence-electron chi connectivity index (χ1n) is 9.06. The topological polar surface area (TPSA) is 63.9 Å². The van der Waals surface area contributed by atoms with E-state index >= 15 is 0 Å². The van der Waals surface area contributed by atoms with E-state index in [0.717, 1.165) is 50.2 Å². The molecule has 1 aromatic carbocycles. The van der Waals surface area contributed by atoms with Crippen LogP contribution >= 0.6 is 0 Å². The van der Waals surface area contributed by atoms with Gasteiger partial charge in [-0.15, -0.1) is 5.10 Å². The molecule has 0 bridgehead atoms. The normalized spacial score (nSPS) is 17.2. The molecule has 1 aliphatic rings. The predicted molar refractivity (Wildman–Crippen MR) is 96.8 cm³/mol. The third kappa shape index (κ3) is 4.32. The highest BCUT2D eigenvalue weighted by Crippen LogP contribution is 2.26. The zero-order valence-corrected chi connectivity index (χ0v) is 14.7. The molecule has 25 heavy (non-hydrogen) atoms. The lowest BCUT2D eigenvalue weighted by Crippen LogP contribution is -2.36. The van der Waals surface area contributed by atoms with Crippen LogP contribution in [0.1, 0.15) is 49.9 Å². The average molecular weight is 339 g/mol. The van der Waals surface area contributed by atoms with Crippen LogP contribution in [-0.4, -0.2) is 44.1 Å². The first kappa shape index (κ1) is 17.3. The molecule has 1 atom stereocenters. The van der Waals surface area contributed by atoms with Gasteiger partial charge in [-0.2, -0.15) is 0 Å². The van der Waals surface area contributed by atoms with Gasteiger partial charge in [-0.3, -0.25) is 4.79 Å². The highest BCUT2D eigenvalue weighted by Gasteiger charge is 2.31. The summed E-state index contributed by atoms with van der Waals surface area (Å²) in [5.41, 5.74) is 1.14. The average Bonchev–Trinajstić information content (AvgIpc) is 3.01. The van der Waals surface area contributed by atoms with Crippen molar-refractivity contribution in [1.82, 2.24) is 25.1 Å². The van der Waals surface area contributed by atoms with E-state index in [1.807, 2.05) is 23.1 Å². The van der Waals surface area contributed by atoms with Crippen LogP contribution in [-0.2, 0) is 11.3 Å². The number of carbonyl (C=O) groups excluding carboxylic acids is 1. The van der Waals surface area contributed by atoms with E-state index in [1.165, 1.54) is 0 Å². The van der Waals surface area contributed by atoms with Crippen molar-refractivity contribution in [2.45, 2.75) is 45.1 Å². The molecule has 0 spiro atoms. The third-order valence-corrected chi connectivity index (χ3v) is 4.52. The van der Waals surface area contributed by atoms with Crippen LogP contribution in [0.2, 0.25) is 0 Å². The van der Waals surface area contributed by atoms with E-state index in [9.17, 15) is 4.79 Å². The summed E-state index contributed by atoms with van der Waals surface area (Å²) in [6.45, 7) is 4.25. The van der Waals surface area contributed by atoms with Gasteiger partial charge >= 0.3 is 0 Å². The maximum Gasteiger partial charge on any atom is 0.233 e. The van der Waals surface area contributed by atoms with Gasteiger partial charge in [0.15, 0.2) is 5.82 Å². The molecule has 2 aromatic rings. The van der Waals surface area contributed by atoms with E-state index in [2.05, 4.69) is 46.7 Å². The fourth-order valence-electron chi connectivity index (χ4n) is 3.26. The molecule has 6 nitrogen and oxygen atoms in total. The third-order valence-electron chi connectivity index (χ3n) is 4.52. The quantitative estimate of drug-likeness (QED) is 0.812. The van der Waals surface area contributed by atoms with E-state index in [4.69, 9.17) is 0 Å². The molecule has 132 valence electrons. The second-order valence-corrected chi connectivity index (χ2v) is 6.41. The number of aryl methyl sites for hydroxylation is 1. The Morgan fingerprint density at radius 1 is 1.32 bits per heavy atom. The number of carbonyl (C=O) groups is 1. The van der Waals surface area contributed by atoms with Gasteiger partial charge in [0, 0.05) is 19.6 Å². The summed E-state index contributed by atoms with van der Waals surface area (Å²) in [5, 5.41) is 11.9. The predicted octanol–water partition coefficient (Wildman–Crippen LogP) is 2.89. The molecule has 6 heteroatoms. The number of tetrazole rings is 1. The van der Waals surface area contributed by atoms with Gasteiger partial charge in [-0.1, -0.05) is 55.8 Å². The Balaban J connectivity index is 1.72. The monoisotopic (exact) mass is 339 g/mol. The van der Waals surface area contributed by atoms with Gasteiger partial charge in [0.25, 0.3) is 0 Å². The van der Waals surface area contributed by atoms with Crippen LogP contribution in [0.25, 0.3) is 6.08 Å². The zero-order chi connectivity index (χ0) is 17.5. The van der Waals surface area contributed by atoms with Crippen LogP contribution in [0.15, 0.2) is 36.4 Å². The Hall–Kier alpha value is -2.50. The zero-order valence-electron chi connectivity index (χ0n) is 14.7. The van der Waals surface area contributed by atoms with Crippen molar-refractivity contribution >= 4 is 12.0 Å². The summed E-state index contributed by atoms with van der Waals surface area (Å²) < 4.78 is 1.79. The molecule has 1 aromatic heterocycles. The van der Waals surface area contributed by atoms with Crippen molar-refractivity contribution < 1.29 is 4.79 Å². The molecule has 0 radical (unpaired) electrons. The Kier molecular flexibility index (Phi) is 5.93. The molecule has 0 saturated heterocycles. The smallest absolute Gasteiger partial charge is 0.233 e. The number of hydrogen-bond acceptors (Lipinski definition) is 4. The Bertz CT molecular complexity index is 710.